The fourth-order valence-corrected chi connectivity index (χ4v) is 5.03. The number of aryl methyl sites for hydroxylation is 1. The van der Waals surface area contributed by atoms with E-state index in [9.17, 15) is 4.79 Å². The monoisotopic (exact) mass is 397 g/mol. The normalized spacial score (nSPS) is 20.2. The largest absolute Gasteiger partial charge is 0.352 e. The Kier molecular flexibility index (Phi) is 4.48. The van der Waals surface area contributed by atoms with Gasteiger partial charge in [-0.3, -0.25) is 9.89 Å². The molecule has 1 unspecified atom stereocenters. The average molecular weight is 398 g/mol. The number of carbonyl (C=O) groups is 1. The molecule has 1 atom stereocenters. The lowest BCUT2D eigenvalue weighted by molar-refractivity contribution is 0.0745. The molecule has 0 aromatic carbocycles. The molecule has 9 heteroatoms. The van der Waals surface area contributed by atoms with Gasteiger partial charge in [0, 0.05) is 43.5 Å². The van der Waals surface area contributed by atoms with Crippen LogP contribution < -0.4 is 10.2 Å². The van der Waals surface area contributed by atoms with Crippen LogP contribution in [0.1, 0.15) is 33.3 Å². The molecule has 1 amide bonds. The Morgan fingerprint density at radius 1 is 1.25 bits per heavy atom. The first-order valence-electron chi connectivity index (χ1n) is 9.70. The second kappa shape index (κ2) is 7.14. The van der Waals surface area contributed by atoms with Crippen molar-refractivity contribution >= 4 is 33.3 Å². The van der Waals surface area contributed by atoms with Crippen molar-refractivity contribution in [2.24, 2.45) is 0 Å². The summed E-state index contributed by atoms with van der Waals surface area (Å²) in [5.74, 6) is 1.40. The van der Waals surface area contributed by atoms with Crippen LogP contribution >= 0.6 is 11.3 Å². The lowest BCUT2D eigenvalue weighted by atomic mass is 10.0. The Labute approximate surface area is 167 Å². The summed E-state index contributed by atoms with van der Waals surface area (Å²) in [4.78, 5) is 28.5. The van der Waals surface area contributed by atoms with E-state index < -0.39 is 0 Å². The molecule has 5 rings (SSSR count). The first-order valence-corrected chi connectivity index (χ1v) is 10.5. The predicted octanol–water partition coefficient (Wildman–Crippen LogP) is 1.76. The molecule has 0 bridgehead atoms. The van der Waals surface area contributed by atoms with Crippen LogP contribution in [0.3, 0.4) is 0 Å². The molecule has 3 aromatic heterocycles. The lowest BCUT2D eigenvalue weighted by Gasteiger charge is -2.35. The van der Waals surface area contributed by atoms with E-state index in [0.717, 1.165) is 59.9 Å². The van der Waals surface area contributed by atoms with Crippen LogP contribution in [-0.4, -0.2) is 70.2 Å². The number of aromatic nitrogens is 4. The fraction of sp³-hybridized carbons (Fsp3) is 0.474. The van der Waals surface area contributed by atoms with Crippen molar-refractivity contribution in [1.29, 1.82) is 0 Å². The summed E-state index contributed by atoms with van der Waals surface area (Å²) in [7, 11) is 0. The van der Waals surface area contributed by atoms with E-state index >= 15 is 0 Å². The van der Waals surface area contributed by atoms with Gasteiger partial charge in [-0.2, -0.15) is 5.10 Å². The quantitative estimate of drug-likeness (QED) is 0.700. The van der Waals surface area contributed by atoms with E-state index in [4.69, 9.17) is 0 Å². The highest BCUT2D eigenvalue weighted by molar-refractivity contribution is 7.18. The zero-order valence-electron chi connectivity index (χ0n) is 15.8. The molecule has 2 aliphatic heterocycles. The minimum Gasteiger partial charge on any atom is -0.352 e. The van der Waals surface area contributed by atoms with Gasteiger partial charge in [0.05, 0.1) is 22.8 Å². The third-order valence-electron chi connectivity index (χ3n) is 5.67. The zero-order chi connectivity index (χ0) is 19.1. The SMILES string of the molecule is Cc1cc2c(N3CCN(C(=O)c4cn[nH]c4C4CCNC4)CC3)ncnc2s1. The van der Waals surface area contributed by atoms with Crippen molar-refractivity contribution in [2.75, 3.05) is 44.2 Å². The van der Waals surface area contributed by atoms with E-state index in [1.807, 2.05) is 4.90 Å². The topological polar surface area (TPSA) is 90.0 Å². The van der Waals surface area contributed by atoms with Crippen LogP contribution in [0.15, 0.2) is 18.6 Å². The Bertz CT molecular complexity index is 999. The Hall–Kier alpha value is -2.52. The summed E-state index contributed by atoms with van der Waals surface area (Å²) in [6.07, 6.45) is 4.36. The molecule has 28 heavy (non-hydrogen) atoms. The number of anilines is 1. The van der Waals surface area contributed by atoms with Gasteiger partial charge in [-0.05, 0) is 26.0 Å². The molecule has 2 aliphatic rings. The van der Waals surface area contributed by atoms with E-state index in [1.54, 1.807) is 23.9 Å². The number of thiophene rings is 1. The minimum absolute atomic E-state index is 0.0783. The van der Waals surface area contributed by atoms with Gasteiger partial charge in [0.25, 0.3) is 5.91 Å². The molecule has 0 spiro atoms. The van der Waals surface area contributed by atoms with Crippen molar-refractivity contribution in [3.05, 3.63) is 34.7 Å². The molecule has 0 aliphatic carbocycles. The van der Waals surface area contributed by atoms with Gasteiger partial charge >= 0.3 is 0 Å². The third kappa shape index (κ3) is 3.04. The lowest BCUT2D eigenvalue weighted by Crippen LogP contribution is -2.49. The van der Waals surface area contributed by atoms with Gasteiger partial charge < -0.3 is 15.1 Å². The molecule has 2 fully saturated rings. The number of H-pyrrole nitrogens is 1. The number of aromatic amines is 1. The number of hydrogen-bond acceptors (Lipinski definition) is 7. The van der Waals surface area contributed by atoms with Crippen LogP contribution in [0.4, 0.5) is 5.82 Å². The zero-order valence-corrected chi connectivity index (χ0v) is 16.6. The van der Waals surface area contributed by atoms with Crippen molar-refractivity contribution in [3.63, 3.8) is 0 Å². The number of rotatable bonds is 3. The van der Waals surface area contributed by atoms with Crippen LogP contribution in [0.5, 0.6) is 0 Å². The summed E-state index contributed by atoms with van der Waals surface area (Å²) < 4.78 is 0. The van der Waals surface area contributed by atoms with Crippen LogP contribution in [0.2, 0.25) is 0 Å². The summed E-state index contributed by atoms with van der Waals surface area (Å²) in [5, 5.41) is 11.7. The van der Waals surface area contributed by atoms with Gasteiger partial charge in [0.15, 0.2) is 0 Å². The highest BCUT2D eigenvalue weighted by Crippen LogP contribution is 2.30. The molecular weight excluding hydrogens is 374 g/mol. The van der Waals surface area contributed by atoms with Crippen LogP contribution in [0.25, 0.3) is 10.2 Å². The molecular formula is C19H23N7OS. The van der Waals surface area contributed by atoms with E-state index in [0.29, 0.717) is 19.0 Å². The molecule has 0 radical (unpaired) electrons. The Balaban J connectivity index is 1.31. The highest BCUT2D eigenvalue weighted by Gasteiger charge is 2.29. The molecule has 8 nitrogen and oxygen atoms in total. The van der Waals surface area contributed by atoms with Gasteiger partial charge in [-0.15, -0.1) is 11.3 Å². The van der Waals surface area contributed by atoms with Crippen LogP contribution in [0, 0.1) is 6.92 Å². The van der Waals surface area contributed by atoms with E-state index in [1.165, 1.54) is 4.88 Å². The van der Waals surface area contributed by atoms with Gasteiger partial charge in [0.2, 0.25) is 0 Å². The Morgan fingerprint density at radius 3 is 2.89 bits per heavy atom. The minimum atomic E-state index is 0.0783. The van der Waals surface area contributed by atoms with Gasteiger partial charge in [-0.1, -0.05) is 0 Å². The standard InChI is InChI=1S/C19H23N7OS/c1-12-8-14-17(21-11-22-18(14)28-12)25-4-6-26(7-5-25)19(27)15-10-23-24-16(15)13-2-3-20-9-13/h8,10-11,13,20H,2-7,9H2,1H3,(H,23,24). The molecule has 0 saturated carbocycles. The predicted molar refractivity (Wildman–Crippen MR) is 109 cm³/mol. The fourth-order valence-electron chi connectivity index (χ4n) is 4.19. The second-order valence-electron chi connectivity index (χ2n) is 7.44. The summed E-state index contributed by atoms with van der Waals surface area (Å²) >= 11 is 1.69. The number of carbonyl (C=O) groups excluding carboxylic acids is 1. The maximum atomic E-state index is 13.1. The first-order chi connectivity index (χ1) is 13.7. The number of piperazine rings is 1. The molecule has 2 saturated heterocycles. The van der Waals surface area contributed by atoms with Gasteiger partial charge in [-0.25, -0.2) is 9.97 Å². The molecule has 146 valence electrons. The maximum absolute atomic E-state index is 13.1. The van der Waals surface area contributed by atoms with Crippen molar-refractivity contribution in [1.82, 2.24) is 30.4 Å². The Morgan fingerprint density at radius 2 is 2.11 bits per heavy atom. The summed E-state index contributed by atoms with van der Waals surface area (Å²) in [5.41, 5.74) is 1.70. The van der Waals surface area contributed by atoms with E-state index in [2.05, 4.69) is 43.4 Å². The number of amides is 1. The van der Waals surface area contributed by atoms with Gasteiger partial charge in [0.1, 0.15) is 17.0 Å². The average Bonchev–Trinajstić information content (AvgIpc) is 3.46. The second-order valence-corrected chi connectivity index (χ2v) is 8.67. The smallest absolute Gasteiger partial charge is 0.257 e. The summed E-state index contributed by atoms with van der Waals surface area (Å²) in [6, 6.07) is 2.15. The number of nitrogens with one attached hydrogen (secondary N) is 2. The molecule has 3 aromatic rings. The van der Waals surface area contributed by atoms with E-state index in [-0.39, 0.29) is 5.91 Å². The first kappa shape index (κ1) is 17.6. The van der Waals surface area contributed by atoms with Crippen LogP contribution in [-0.2, 0) is 0 Å². The summed E-state index contributed by atoms with van der Waals surface area (Å²) in [6.45, 7) is 6.89. The molecule has 5 heterocycles. The van der Waals surface area contributed by atoms with Crippen molar-refractivity contribution in [2.45, 2.75) is 19.3 Å². The van der Waals surface area contributed by atoms with Crippen molar-refractivity contribution in [3.8, 4) is 0 Å². The molecule has 2 N–H and O–H groups in total. The number of fused-ring (bicyclic) bond motifs is 1. The highest BCUT2D eigenvalue weighted by atomic mass is 32.1. The number of hydrogen-bond donors (Lipinski definition) is 2. The third-order valence-corrected chi connectivity index (χ3v) is 6.62. The maximum Gasteiger partial charge on any atom is 0.257 e. The van der Waals surface area contributed by atoms with Crippen molar-refractivity contribution < 1.29 is 4.79 Å². The number of nitrogens with zero attached hydrogens (tertiary/aromatic N) is 5.